The van der Waals surface area contributed by atoms with Gasteiger partial charge in [0.2, 0.25) is 11.8 Å². The zero-order valence-corrected chi connectivity index (χ0v) is 16.5. The Morgan fingerprint density at radius 3 is 2.63 bits per heavy atom. The fourth-order valence-electron chi connectivity index (χ4n) is 4.88. The van der Waals surface area contributed by atoms with Gasteiger partial charge in [0.1, 0.15) is 0 Å². The molecule has 0 radical (unpaired) electrons. The van der Waals surface area contributed by atoms with Gasteiger partial charge in [-0.15, -0.1) is 0 Å². The van der Waals surface area contributed by atoms with Crippen LogP contribution in [0.5, 0.6) is 0 Å². The van der Waals surface area contributed by atoms with Gasteiger partial charge in [0.15, 0.2) is 0 Å². The zero-order valence-electron chi connectivity index (χ0n) is 16.5. The van der Waals surface area contributed by atoms with Crippen molar-refractivity contribution in [3.05, 3.63) is 35.4 Å². The second-order valence-electron chi connectivity index (χ2n) is 8.13. The van der Waals surface area contributed by atoms with E-state index < -0.39 is 5.41 Å². The molecule has 2 amide bonds. The van der Waals surface area contributed by atoms with Gasteiger partial charge in [-0.1, -0.05) is 43.5 Å². The van der Waals surface area contributed by atoms with Crippen LogP contribution in [0.2, 0.25) is 0 Å². The van der Waals surface area contributed by atoms with Gasteiger partial charge in [0.25, 0.3) is 0 Å². The van der Waals surface area contributed by atoms with Crippen molar-refractivity contribution in [1.82, 2.24) is 10.2 Å². The lowest BCUT2D eigenvalue weighted by molar-refractivity contribution is -0.142. The third-order valence-electron chi connectivity index (χ3n) is 6.30. The summed E-state index contributed by atoms with van der Waals surface area (Å²) < 4.78 is 0. The highest BCUT2D eigenvalue weighted by Crippen LogP contribution is 2.43. The summed E-state index contributed by atoms with van der Waals surface area (Å²) in [5.41, 5.74) is 7.46. The minimum absolute atomic E-state index is 0.0338. The summed E-state index contributed by atoms with van der Waals surface area (Å²) in [5.74, 6) is 0.145. The van der Waals surface area contributed by atoms with Crippen molar-refractivity contribution in [3.63, 3.8) is 0 Å². The van der Waals surface area contributed by atoms with Crippen molar-refractivity contribution in [1.29, 1.82) is 0 Å². The van der Waals surface area contributed by atoms with E-state index in [9.17, 15) is 9.59 Å². The Hall–Kier alpha value is -1.88. The molecule has 2 aliphatic rings. The molecule has 0 bridgehead atoms. The van der Waals surface area contributed by atoms with E-state index in [-0.39, 0.29) is 17.7 Å². The van der Waals surface area contributed by atoms with E-state index >= 15 is 0 Å². The van der Waals surface area contributed by atoms with Gasteiger partial charge >= 0.3 is 0 Å². The summed E-state index contributed by atoms with van der Waals surface area (Å²) in [5, 5.41) is 2.89. The molecule has 1 aromatic rings. The molecule has 5 nitrogen and oxygen atoms in total. The molecule has 2 fully saturated rings. The summed E-state index contributed by atoms with van der Waals surface area (Å²) in [4.78, 5) is 28.2. The molecule has 5 heteroatoms. The highest BCUT2D eigenvalue weighted by Gasteiger charge is 2.45. The first-order valence-electron chi connectivity index (χ1n) is 10.4. The molecule has 148 valence electrons. The number of amides is 2. The standard InChI is InChI=1S/C22H33N3O2/c1-17-8-3-4-10-19(17)22(11-5-2-6-12-22)21(27)25-15-7-9-18(16-25)20(26)24-14-13-23/h3-4,8,10,18H,2,5-7,9,11-16,23H2,1H3,(H,24,26). The van der Waals surface area contributed by atoms with Crippen LogP contribution in [0.4, 0.5) is 0 Å². The number of piperidine rings is 1. The molecule has 1 aromatic carbocycles. The van der Waals surface area contributed by atoms with Gasteiger partial charge in [-0.05, 0) is 43.7 Å². The minimum atomic E-state index is -0.417. The first kappa shape index (κ1) is 19.9. The van der Waals surface area contributed by atoms with E-state index in [0.717, 1.165) is 45.1 Å². The highest BCUT2D eigenvalue weighted by atomic mass is 16.2. The summed E-state index contributed by atoms with van der Waals surface area (Å²) in [6.45, 7) is 4.34. The quantitative estimate of drug-likeness (QED) is 0.835. The molecule has 1 atom stereocenters. The third kappa shape index (κ3) is 4.18. The Labute approximate surface area is 162 Å². The molecule has 1 saturated heterocycles. The van der Waals surface area contributed by atoms with Crippen LogP contribution in [0.15, 0.2) is 24.3 Å². The van der Waals surface area contributed by atoms with E-state index in [0.29, 0.717) is 19.6 Å². The van der Waals surface area contributed by atoms with Crippen LogP contribution in [-0.2, 0) is 15.0 Å². The maximum Gasteiger partial charge on any atom is 0.233 e. The summed E-state index contributed by atoms with van der Waals surface area (Å²) >= 11 is 0. The van der Waals surface area contributed by atoms with Gasteiger partial charge in [-0.2, -0.15) is 0 Å². The highest BCUT2D eigenvalue weighted by molar-refractivity contribution is 5.89. The van der Waals surface area contributed by atoms with Gasteiger partial charge < -0.3 is 16.0 Å². The van der Waals surface area contributed by atoms with Gasteiger partial charge in [-0.3, -0.25) is 9.59 Å². The van der Waals surface area contributed by atoms with Crippen LogP contribution >= 0.6 is 0 Å². The van der Waals surface area contributed by atoms with Crippen LogP contribution in [-0.4, -0.2) is 42.9 Å². The molecular formula is C22H33N3O2. The molecular weight excluding hydrogens is 338 g/mol. The molecule has 1 saturated carbocycles. The van der Waals surface area contributed by atoms with Crippen molar-refractivity contribution in [2.75, 3.05) is 26.2 Å². The van der Waals surface area contributed by atoms with Crippen LogP contribution in [0.3, 0.4) is 0 Å². The van der Waals surface area contributed by atoms with E-state index in [1.165, 1.54) is 17.5 Å². The Morgan fingerprint density at radius 1 is 1.19 bits per heavy atom. The molecule has 3 rings (SSSR count). The lowest BCUT2D eigenvalue weighted by Crippen LogP contribution is -2.53. The van der Waals surface area contributed by atoms with Crippen LogP contribution in [0, 0.1) is 12.8 Å². The fraction of sp³-hybridized carbons (Fsp3) is 0.636. The molecule has 1 heterocycles. The van der Waals surface area contributed by atoms with Crippen molar-refractivity contribution in [2.24, 2.45) is 11.7 Å². The largest absolute Gasteiger partial charge is 0.355 e. The molecule has 0 spiro atoms. The molecule has 1 unspecified atom stereocenters. The predicted molar refractivity (Wildman–Crippen MR) is 107 cm³/mol. The summed E-state index contributed by atoms with van der Waals surface area (Å²) in [6.07, 6.45) is 6.94. The van der Waals surface area contributed by atoms with Crippen LogP contribution in [0.1, 0.15) is 56.1 Å². The van der Waals surface area contributed by atoms with Crippen molar-refractivity contribution < 1.29 is 9.59 Å². The average Bonchev–Trinajstić information content (AvgIpc) is 2.72. The maximum atomic E-state index is 13.8. The molecule has 1 aliphatic heterocycles. The monoisotopic (exact) mass is 371 g/mol. The molecule has 0 aromatic heterocycles. The minimum Gasteiger partial charge on any atom is -0.355 e. The summed E-state index contributed by atoms with van der Waals surface area (Å²) in [6, 6.07) is 8.33. The number of benzene rings is 1. The van der Waals surface area contributed by atoms with E-state index in [2.05, 4.69) is 24.4 Å². The van der Waals surface area contributed by atoms with Crippen LogP contribution < -0.4 is 11.1 Å². The second-order valence-corrected chi connectivity index (χ2v) is 8.13. The number of carbonyl (C=O) groups excluding carboxylic acids is 2. The number of hydrogen-bond donors (Lipinski definition) is 2. The summed E-state index contributed by atoms with van der Waals surface area (Å²) in [7, 11) is 0. The normalized spacial score (nSPS) is 22.3. The number of nitrogens with two attached hydrogens (primary N) is 1. The number of nitrogens with zero attached hydrogens (tertiary/aromatic N) is 1. The fourth-order valence-corrected chi connectivity index (χ4v) is 4.88. The van der Waals surface area contributed by atoms with Crippen LogP contribution in [0.25, 0.3) is 0 Å². The number of aryl methyl sites for hydroxylation is 1. The molecule has 1 aliphatic carbocycles. The first-order valence-corrected chi connectivity index (χ1v) is 10.4. The van der Waals surface area contributed by atoms with Gasteiger partial charge in [0, 0.05) is 26.2 Å². The maximum absolute atomic E-state index is 13.8. The zero-order chi connectivity index (χ0) is 19.3. The lowest BCUT2D eigenvalue weighted by Gasteiger charge is -2.43. The number of nitrogens with one attached hydrogen (secondary N) is 1. The smallest absolute Gasteiger partial charge is 0.233 e. The Morgan fingerprint density at radius 2 is 1.93 bits per heavy atom. The van der Waals surface area contributed by atoms with E-state index in [4.69, 9.17) is 5.73 Å². The van der Waals surface area contributed by atoms with Gasteiger partial charge in [0.05, 0.1) is 11.3 Å². The van der Waals surface area contributed by atoms with E-state index in [1.807, 2.05) is 17.0 Å². The van der Waals surface area contributed by atoms with Crippen molar-refractivity contribution in [2.45, 2.75) is 57.3 Å². The molecule has 3 N–H and O–H groups in total. The second kappa shape index (κ2) is 8.87. The molecule has 27 heavy (non-hydrogen) atoms. The van der Waals surface area contributed by atoms with Crippen molar-refractivity contribution in [3.8, 4) is 0 Å². The number of likely N-dealkylation sites (tertiary alicyclic amines) is 1. The first-order chi connectivity index (χ1) is 13.1. The Kier molecular flexibility index (Phi) is 6.53. The average molecular weight is 372 g/mol. The number of carbonyl (C=O) groups is 2. The van der Waals surface area contributed by atoms with E-state index in [1.54, 1.807) is 0 Å². The Bertz CT molecular complexity index is 667. The Balaban J connectivity index is 1.82. The van der Waals surface area contributed by atoms with Crippen molar-refractivity contribution >= 4 is 11.8 Å². The predicted octanol–water partition coefficient (Wildman–Crippen LogP) is 2.51. The number of rotatable bonds is 5. The third-order valence-corrected chi connectivity index (χ3v) is 6.30. The SMILES string of the molecule is Cc1ccccc1C1(C(=O)N2CCCC(C(=O)NCCN)C2)CCCCC1. The van der Waals surface area contributed by atoms with Gasteiger partial charge in [-0.25, -0.2) is 0 Å². The topological polar surface area (TPSA) is 75.4 Å². The number of hydrogen-bond acceptors (Lipinski definition) is 3. The lowest BCUT2D eigenvalue weighted by atomic mass is 9.67.